The van der Waals surface area contributed by atoms with Crippen LogP contribution in [0.2, 0.25) is 0 Å². The molecule has 1 saturated heterocycles. The Labute approximate surface area is 150 Å². The predicted octanol–water partition coefficient (Wildman–Crippen LogP) is 3.39. The SMILES string of the molecule is C.CON1CCC2(CC1)C(O)=C(c1c(C)cc(C)cc1C)C(=O)N2C. The minimum absolute atomic E-state index is 0. The van der Waals surface area contributed by atoms with Gasteiger partial charge in [-0.15, -0.1) is 0 Å². The van der Waals surface area contributed by atoms with Crippen LogP contribution in [0.25, 0.3) is 5.57 Å². The second-order valence-electron chi connectivity index (χ2n) is 7.00. The van der Waals surface area contributed by atoms with Crippen molar-refractivity contribution in [2.75, 3.05) is 27.2 Å². The minimum Gasteiger partial charge on any atom is -0.509 e. The number of likely N-dealkylation sites (N-methyl/N-ethyl adjacent to an activating group) is 1. The van der Waals surface area contributed by atoms with Gasteiger partial charge in [-0.3, -0.25) is 4.79 Å². The molecule has 138 valence electrons. The number of nitrogens with zero attached hydrogens (tertiary/aromatic N) is 2. The highest BCUT2D eigenvalue weighted by Crippen LogP contribution is 2.45. The van der Waals surface area contributed by atoms with Crippen LogP contribution in [0.1, 0.15) is 42.5 Å². The number of aliphatic hydroxyl groups excluding tert-OH is 1. The van der Waals surface area contributed by atoms with E-state index in [4.69, 9.17) is 4.84 Å². The molecule has 1 fully saturated rings. The van der Waals surface area contributed by atoms with Crippen molar-refractivity contribution >= 4 is 11.5 Å². The van der Waals surface area contributed by atoms with Gasteiger partial charge in [0.2, 0.25) is 0 Å². The van der Waals surface area contributed by atoms with Crippen molar-refractivity contribution in [2.24, 2.45) is 0 Å². The van der Waals surface area contributed by atoms with Gasteiger partial charge in [0.15, 0.2) is 0 Å². The van der Waals surface area contributed by atoms with Crippen LogP contribution in [0.5, 0.6) is 0 Å². The van der Waals surface area contributed by atoms with E-state index in [2.05, 4.69) is 12.1 Å². The topological polar surface area (TPSA) is 53.0 Å². The number of aryl methyl sites for hydroxylation is 3. The molecule has 2 heterocycles. The van der Waals surface area contributed by atoms with Gasteiger partial charge in [-0.2, -0.15) is 5.06 Å². The average molecular weight is 346 g/mol. The molecule has 0 unspecified atom stereocenters. The van der Waals surface area contributed by atoms with Gasteiger partial charge in [-0.1, -0.05) is 25.1 Å². The molecule has 25 heavy (non-hydrogen) atoms. The highest BCUT2D eigenvalue weighted by molar-refractivity contribution is 6.23. The summed E-state index contributed by atoms with van der Waals surface area (Å²) in [5, 5.41) is 13.0. The lowest BCUT2D eigenvalue weighted by Gasteiger charge is -2.42. The van der Waals surface area contributed by atoms with Crippen molar-refractivity contribution in [1.82, 2.24) is 9.96 Å². The summed E-state index contributed by atoms with van der Waals surface area (Å²) in [5.74, 6) is 0.134. The number of hydrogen-bond acceptors (Lipinski definition) is 4. The smallest absolute Gasteiger partial charge is 0.258 e. The van der Waals surface area contributed by atoms with Gasteiger partial charge in [-0.25, -0.2) is 0 Å². The van der Waals surface area contributed by atoms with E-state index in [1.165, 1.54) is 0 Å². The lowest BCUT2D eigenvalue weighted by atomic mass is 9.84. The van der Waals surface area contributed by atoms with Gasteiger partial charge in [0.05, 0.1) is 12.7 Å². The number of hydrogen-bond donors (Lipinski definition) is 1. The van der Waals surface area contributed by atoms with Gasteiger partial charge < -0.3 is 14.8 Å². The highest BCUT2D eigenvalue weighted by Gasteiger charge is 2.52. The van der Waals surface area contributed by atoms with Crippen LogP contribution in [0.15, 0.2) is 17.9 Å². The van der Waals surface area contributed by atoms with E-state index in [1.54, 1.807) is 19.1 Å². The molecule has 1 aromatic carbocycles. The molecule has 0 aliphatic carbocycles. The highest BCUT2D eigenvalue weighted by atomic mass is 16.7. The largest absolute Gasteiger partial charge is 0.509 e. The fourth-order valence-corrected chi connectivity index (χ4v) is 4.27. The summed E-state index contributed by atoms with van der Waals surface area (Å²) in [4.78, 5) is 20.0. The zero-order valence-corrected chi connectivity index (χ0v) is 15.1. The second kappa shape index (κ2) is 6.81. The van der Waals surface area contributed by atoms with E-state index in [0.717, 1.165) is 22.3 Å². The van der Waals surface area contributed by atoms with Crippen molar-refractivity contribution in [3.8, 4) is 0 Å². The van der Waals surface area contributed by atoms with Gasteiger partial charge >= 0.3 is 0 Å². The maximum Gasteiger partial charge on any atom is 0.258 e. The molecule has 0 aromatic heterocycles. The van der Waals surface area contributed by atoms with E-state index in [1.807, 2.05) is 25.8 Å². The summed E-state index contributed by atoms with van der Waals surface area (Å²) in [6, 6.07) is 4.13. The van der Waals surface area contributed by atoms with Gasteiger partial charge in [0, 0.05) is 20.1 Å². The standard InChI is InChI=1S/C19H26N2O3.CH4/c1-12-10-13(2)15(14(3)11-12)16-17(22)19(20(4)18(16)23)6-8-21(24-5)9-7-19;/h10-11,22H,6-9H2,1-5H3;1H4. The molecular formula is C20H30N2O3. The zero-order chi connectivity index (χ0) is 17.6. The Kier molecular flexibility index (Phi) is 5.30. The van der Waals surface area contributed by atoms with Crippen molar-refractivity contribution in [3.05, 3.63) is 40.1 Å². The van der Waals surface area contributed by atoms with Crippen molar-refractivity contribution in [3.63, 3.8) is 0 Å². The van der Waals surface area contributed by atoms with Crippen LogP contribution in [0, 0.1) is 20.8 Å². The molecule has 0 atom stereocenters. The molecule has 5 heteroatoms. The van der Waals surface area contributed by atoms with Crippen LogP contribution in [0.3, 0.4) is 0 Å². The maximum absolute atomic E-state index is 13.0. The van der Waals surface area contributed by atoms with E-state index < -0.39 is 5.54 Å². The van der Waals surface area contributed by atoms with E-state index >= 15 is 0 Å². The van der Waals surface area contributed by atoms with Gasteiger partial charge in [0.25, 0.3) is 5.91 Å². The molecule has 1 amide bonds. The monoisotopic (exact) mass is 346 g/mol. The Morgan fingerprint density at radius 3 is 2.12 bits per heavy atom. The summed E-state index contributed by atoms with van der Waals surface area (Å²) >= 11 is 0. The summed E-state index contributed by atoms with van der Waals surface area (Å²) < 4.78 is 0. The van der Waals surface area contributed by atoms with Gasteiger partial charge in [0.1, 0.15) is 11.3 Å². The third-order valence-electron chi connectivity index (χ3n) is 5.57. The van der Waals surface area contributed by atoms with Crippen LogP contribution in [-0.4, -0.2) is 53.8 Å². The molecule has 0 radical (unpaired) electrons. The van der Waals surface area contributed by atoms with E-state index in [0.29, 0.717) is 31.5 Å². The molecule has 0 bridgehead atoms. The quantitative estimate of drug-likeness (QED) is 0.892. The number of benzene rings is 1. The molecule has 1 aromatic rings. The number of hydroxylamine groups is 2. The Bertz CT molecular complexity index is 693. The Morgan fingerprint density at radius 1 is 1.12 bits per heavy atom. The van der Waals surface area contributed by atoms with Crippen LogP contribution in [0.4, 0.5) is 0 Å². The predicted molar refractivity (Wildman–Crippen MR) is 100 cm³/mol. The lowest BCUT2D eigenvalue weighted by Crippen LogP contribution is -2.53. The molecule has 5 nitrogen and oxygen atoms in total. The molecule has 0 saturated carbocycles. The van der Waals surface area contributed by atoms with Crippen molar-refractivity contribution < 1.29 is 14.7 Å². The second-order valence-corrected chi connectivity index (χ2v) is 7.00. The summed E-state index contributed by atoms with van der Waals surface area (Å²) in [6.45, 7) is 7.43. The number of amides is 1. The Balaban J connectivity index is 0.00000225. The third kappa shape index (κ3) is 2.85. The number of carbonyl (C=O) groups excluding carboxylic acids is 1. The molecule has 3 rings (SSSR count). The molecule has 2 aliphatic heterocycles. The first kappa shape index (κ1) is 19.5. The number of carbonyl (C=O) groups is 1. The summed E-state index contributed by atoms with van der Waals surface area (Å²) in [6.07, 6.45) is 1.34. The molecule has 1 spiro atoms. The molecule has 1 N–H and O–H groups in total. The van der Waals surface area contributed by atoms with Crippen LogP contribution >= 0.6 is 0 Å². The first-order chi connectivity index (χ1) is 11.3. The molecular weight excluding hydrogens is 316 g/mol. The minimum atomic E-state index is -0.606. The average Bonchev–Trinajstić information content (AvgIpc) is 2.71. The first-order valence-electron chi connectivity index (χ1n) is 8.41. The van der Waals surface area contributed by atoms with E-state index in [-0.39, 0.29) is 19.1 Å². The zero-order valence-electron chi connectivity index (χ0n) is 15.1. The number of piperidine rings is 1. The Hall–Kier alpha value is -1.85. The third-order valence-corrected chi connectivity index (χ3v) is 5.57. The first-order valence-corrected chi connectivity index (χ1v) is 8.41. The Morgan fingerprint density at radius 2 is 1.64 bits per heavy atom. The lowest BCUT2D eigenvalue weighted by molar-refractivity contribution is -0.162. The van der Waals surface area contributed by atoms with Gasteiger partial charge in [-0.05, 0) is 50.3 Å². The van der Waals surface area contributed by atoms with Crippen LogP contribution < -0.4 is 0 Å². The molecule has 2 aliphatic rings. The van der Waals surface area contributed by atoms with Crippen LogP contribution in [-0.2, 0) is 9.63 Å². The maximum atomic E-state index is 13.0. The normalized spacial score (nSPS) is 20.4. The summed E-state index contributed by atoms with van der Waals surface area (Å²) in [7, 11) is 3.45. The van der Waals surface area contributed by atoms with E-state index in [9.17, 15) is 9.90 Å². The fraction of sp³-hybridized carbons (Fsp3) is 0.550. The summed E-state index contributed by atoms with van der Waals surface area (Å²) in [5.41, 5.74) is 3.96. The van der Waals surface area contributed by atoms with Crippen molar-refractivity contribution in [2.45, 2.75) is 46.6 Å². The number of rotatable bonds is 2. The fourth-order valence-electron chi connectivity index (χ4n) is 4.27. The van der Waals surface area contributed by atoms with Crippen molar-refractivity contribution in [1.29, 1.82) is 0 Å². The number of aliphatic hydroxyl groups is 1.